The van der Waals surface area contributed by atoms with Crippen LogP contribution < -0.4 is 10.4 Å². The predicted molar refractivity (Wildman–Crippen MR) is 81.1 cm³/mol. The number of hydrogen-bond donors (Lipinski definition) is 3. The van der Waals surface area contributed by atoms with Crippen molar-refractivity contribution >= 4 is 38.3 Å². The molecule has 114 valence electrons. The van der Waals surface area contributed by atoms with Gasteiger partial charge in [0.1, 0.15) is 10.7 Å². The number of H-pyrrole nitrogens is 2. The van der Waals surface area contributed by atoms with Crippen LogP contribution in [0.25, 0.3) is 11.0 Å². The van der Waals surface area contributed by atoms with Crippen LogP contribution in [0.2, 0.25) is 5.02 Å². The molecule has 1 heterocycles. The van der Waals surface area contributed by atoms with E-state index in [-0.39, 0.29) is 15.6 Å². The lowest BCUT2D eigenvalue weighted by atomic mass is 10.3. The Bertz CT molecular complexity index is 1030. The van der Waals surface area contributed by atoms with Gasteiger partial charge in [-0.1, -0.05) is 17.7 Å². The number of sulfonamides is 1. The lowest BCUT2D eigenvalue weighted by molar-refractivity contribution is 0.601. The van der Waals surface area contributed by atoms with E-state index in [0.717, 1.165) is 6.07 Å². The Balaban J connectivity index is 2.08. The second kappa shape index (κ2) is 5.15. The zero-order chi connectivity index (χ0) is 15.9. The van der Waals surface area contributed by atoms with Gasteiger partial charge in [-0.2, -0.15) is 0 Å². The Kier molecular flexibility index (Phi) is 3.42. The number of imidazole rings is 1. The molecule has 6 nitrogen and oxygen atoms in total. The van der Waals surface area contributed by atoms with Crippen molar-refractivity contribution in [2.24, 2.45) is 0 Å². The third-order valence-corrected chi connectivity index (χ3v) is 4.78. The number of aromatic amines is 2. The van der Waals surface area contributed by atoms with Gasteiger partial charge in [-0.3, -0.25) is 4.72 Å². The van der Waals surface area contributed by atoms with E-state index in [1.54, 1.807) is 0 Å². The van der Waals surface area contributed by atoms with Crippen molar-refractivity contribution < 1.29 is 12.8 Å². The van der Waals surface area contributed by atoms with Crippen LogP contribution in [0.5, 0.6) is 0 Å². The average molecular weight is 342 g/mol. The molecule has 0 aliphatic carbocycles. The molecule has 9 heteroatoms. The highest BCUT2D eigenvalue weighted by Gasteiger charge is 2.20. The molecule has 2 aromatic carbocycles. The fourth-order valence-corrected chi connectivity index (χ4v) is 3.61. The fourth-order valence-electron chi connectivity index (χ4n) is 2.00. The SMILES string of the molecule is O=c1[nH]c2cc(Cl)c(S(=O)(=O)Nc3cccc(F)c3)cc2[nH]1. The van der Waals surface area contributed by atoms with Gasteiger partial charge in [-0.15, -0.1) is 0 Å². The standard InChI is InChI=1S/C13H9ClFN3O3S/c14-9-5-10-11(17-13(19)16-10)6-12(9)22(20,21)18-8-3-1-2-7(15)4-8/h1-6,18H,(H2,16,17,19). The minimum absolute atomic E-state index is 0.0633. The van der Waals surface area contributed by atoms with Gasteiger partial charge in [-0.05, 0) is 30.3 Å². The van der Waals surface area contributed by atoms with Gasteiger partial charge in [0.25, 0.3) is 10.0 Å². The van der Waals surface area contributed by atoms with Crippen LogP contribution in [0.15, 0.2) is 46.1 Å². The number of anilines is 1. The molecule has 0 saturated heterocycles. The molecule has 0 atom stereocenters. The summed E-state index contributed by atoms with van der Waals surface area (Å²) in [6, 6.07) is 7.59. The van der Waals surface area contributed by atoms with Gasteiger partial charge in [0.05, 0.1) is 21.7 Å². The summed E-state index contributed by atoms with van der Waals surface area (Å²) in [6.45, 7) is 0. The highest BCUT2D eigenvalue weighted by molar-refractivity contribution is 7.92. The normalized spacial score (nSPS) is 11.7. The molecule has 3 rings (SSSR count). The van der Waals surface area contributed by atoms with Crippen molar-refractivity contribution in [3.05, 3.63) is 57.7 Å². The Morgan fingerprint density at radius 3 is 2.45 bits per heavy atom. The zero-order valence-electron chi connectivity index (χ0n) is 10.9. The van der Waals surface area contributed by atoms with E-state index >= 15 is 0 Å². The molecule has 3 N–H and O–H groups in total. The van der Waals surface area contributed by atoms with Crippen LogP contribution >= 0.6 is 11.6 Å². The zero-order valence-corrected chi connectivity index (χ0v) is 12.4. The minimum Gasteiger partial charge on any atom is -0.306 e. The molecule has 0 bridgehead atoms. The molecule has 1 aromatic heterocycles. The average Bonchev–Trinajstić information content (AvgIpc) is 2.76. The molecule has 0 saturated carbocycles. The van der Waals surface area contributed by atoms with Crippen molar-refractivity contribution in [2.45, 2.75) is 4.90 Å². The number of nitrogens with one attached hydrogen (secondary N) is 3. The van der Waals surface area contributed by atoms with Crippen molar-refractivity contribution in [3.8, 4) is 0 Å². The number of fused-ring (bicyclic) bond motifs is 1. The molecule has 0 unspecified atom stereocenters. The van der Waals surface area contributed by atoms with Crippen LogP contribution in [0.4, 0.5) is 10.1 Å². The van der Waals surface area contributed by atoms with Gasteiger partial charge >= 0.3 is 5.69 Å². The van der Waals surface area contributed by atoms with E-state index in [2.05, 4.69) is 14.7 Å². The summed E-state index contributed by atoms with van der Waals surface area (Å²) in [5.74, 6) is -0.572. The quantitative estimate of drug-likeness (QED) is 0.683. The van der Waals surface area contributed by atoms with Crippen molar-refractivity contribution in [1.82, 2.24) is 9.97 Å². The first-order valence-electron chi connectivity index (χ1n) is 6.05. The van der Waals surface area contributed by atoms with Crippen LogP contribution in [-0.4, -0.2) is 18.4 Å². The molecule has 3 aromatic rings. The molecular formula is C13H9ClFN3O3S. The molecule has 0 radical (unpaired) electrons. The molecule has 0 fully saturated rings. The number of aromatic nitrogens is 2. The maximum absolute atomic E-state index is 13.1. The number of hydrogen-bond acceptors (Lipinski definition) is 3. The Morgan fingerprint density at radius 2 is 1.77 bits per heavy atom. The number of benzene rings is 2. The minimum atomic E-state index is -4.03. The monoisotopic (exact) mass is 341 g/mol. The maximum Gasteiger partial charge on any atom is 0.323 e. The lowest BCUT2D eigenvalue weighted by Crippen LogP contribution is -2.13. The van der Waals surface area contributed by atoms with Gasteiger partial charge < -0.3 is 9.97 Å². The van der Waals surface area contributed by atoms with Gasteiger partial charge in [0, 0.05) is 0 Å². The fraction of sp³-hybridized carbons (Fsp3) is 0. The summed E-state index contributed by atoms with van der Waals surface area (Å²) in [4.78, 5) is 15.9. The lowest BCUT2D eigenvalue weighted by Gasteiger charge is -2.09. The van der Waals surface area contributed by atoms with E-state index in [9.17, 15) is 17.6 Å². The molecule has 0 aliphatic rings. The Morgan fingerprint density at radius 1 is 1.09 bits per heavy atom. The summed E-state index contributed by atoms with van der Waals surface area (Å²) in [5.41, 5.74) is 0.283. The van der Waals surface area contributed by atoms with Gasteiger partial charge in [0.2, 0.25) is 0 Å². The second-order valence-corrected chi connectivity index (χ2v) is 6.58. The summed E-state index contributed by atoms with van der Waals surface area (Å²) < 4.78 is 40.1. The smallest absolute Gasteiger partial charge is 0.306 e. The summed E-state index contributed by atoms with van der Waals surface area (Å²) in [6.07, 6.45) is 0. The van der Waals surface area contributed by atoms with Crippen molar-refractivity contribution in [3.63, 3.8) is 0 Å². The highest BCUT2D eigenvalue weighted by Crippen LogP contribution is 2.27. The van der Waals surface area contributed by atoms with E-state index < -0.39 is 21.5 Å². The molecular weight excluding hydrogens is 333 g/mol. The first-order valence-corrected chi connectivity index (χ1v) is 7.91. The maximum atomic E-state index is 13.1. The van der Waals surface area contributed by atoms with Crippen molar-refractivity contribution in [1.29, 1.82) is 0 Å². The first-order chi connectivity index (χ1) is 10.3. The first kappa shape index (κ1) is 14.6. The van der Waals surface area contributed by atoms with E-state index in [1.807, 2.05) is 0 Å². The molecule has 0 amide bonds. The summed E-state index contributed by atoms with van der Waals surface area (Å²) in [5, 5.41) is -0.0633. The topological polar surface area (TPSA) is 94.8 Å². The van der Waals surface area contributed by atoms with Crippen LogP contribution in [0, 0.1) is 5.82 Å². The molecule has 22 heavy (non-hydrogen) atoms. The largest absolute Gasteiger partial charge is 0.323 e. The van der Waals surface area contributed by atoms with Crippen LogP contribution in [0.3, 0.4) is 0 Å². The molecule has 0 spiro atoms. The van der Waals surface area contributed by atoms with E-state index in [0.29, 0.717) is 11.0 Å². The Hall–Kier alpha value is -2.32. The van der Waals surface area contributed by atoms with Gasteiger partial charge in [-0.25, -0.2) is 17.6 Å². The summed E-state index contributed by atoms with van der Waals surface area (Å²) in [7, 11) is -4.03. The third kappa shape index (κ3) is 2.70. The summed E-state index contributed by atoms with van der Waals surface area (Å²) >= 11 is 5.97. The van der Waals surface area contributed by atoms with E-state index in [1.165, 1.54) is 30.3 Å². The number of halogens is 2. The van der Waals surface area contributed by atoms with Crippen molar-refractivity contribution in [2.75, 3.05) is 4.72 Å². The second-order valence-electron chi connectivity index (χ2n) is 4.52. The van der Waals surface area contributed by atoms with Gasteiger partial charge in [0.15, 0.2) is 0 Å². The Labute approximate surface area is 129 Å². The third-order valence-electron chi connectivity index (χ3n) is 2.93. The van der Waals surface area contributed by atoms with Crippen LogP contribution in [-0.2, 0) is 10.0 Å². The molecule has 0 aliphatic heterocycles. The predicted octanol–water partition coefficient (Wildman–Crippen LogP) is 2.45. The van der Waals surface area contributed by atoms with Crippen LogP contribution in [0.1, 0.15) is 0 Å². The number of rotatable bonds is 3. The van der Waals surface area contributed by atoms with E-state index in [4.69, 9.17) is 11.6 Å². The highest BCUT2D eigenvalue weighted by atomic mass is 35.5.